The van der Waals surface area contributed by atoms with E-state index < -0.39 is 114 Å². The fourth-order valence-corrected chi connectivity index (χ4v) is 14.3. The van der Waals surface area contributed by atoms with Gasteiger partial charge in [-0.05, 0) is 127 Å². The van der Waals surface area contributed by atoms with Gasteiger partial charge >= 0.3 is 12.1 Å². The molecule has 556 valence electrons. The van der Waals surface area contributed by atoms with Crippen molar-refractivity contribution in [2.45, 2.75) is 161 Å². The molecule has 1 unspecified atom stereocenters. The molecule has 1 aliphatic heterocycles. The molecule has 0 radical (unpaired) electrons. The zero-order valence-corrected chi connectivity index (χ0v) is 58.9. The normalized spacial score (nSPS) is 23.6. The average molecular weight is 1420 g/mol. The molecule has 8 rings (SSSR count). The van der Waals surface area contributed by atoms with Crippen LogP contribution in [-0.4, -0.2) is 180 Å². The van der Waals surface area contributed by atoms with E-state index in [0.717, 1.165) is 22.4 Å². The van der Waals surface area contributed by atoms with Gasteiger partial charge in [0.1, 0.15) is 31.5 Å². The molecule has 3 aromatic carbocycles. The number of ketones is 2. The van der Waals surface area contributed by atoms with Gasteiger partial charge in [-0.1, -0.05) is 107 Å². The van der Waals surface area contributed by atoms with Crippen LogP contribution in [0.3, 0.4) is 0 Å². The first kappa shape index (κ1) is 79.4. The van der Waals surface area contributed by atoms with E-state index in [1.54, 1.807) is 49.9 Å². The van der Waals surface area contributed by atoms with Crippen LogP contribution >= 0.6 is 0 Å². The molecule has 0 saturated heterocycles. The summed E-state index contributed by atoms with van der Waals surface area (Å²) in [5.41, 5.74) is 5.70. The van der Waals surface area contributed by atoms with Gasteiger partial charge in [-0.3, -0.25) is 33.6 Å². The number of nitrogens with one attached hydrogen (secondary N) is 6. The molecular formula is C75H100F2N8O17. The van der Waals surface area contributed by atoms with Gasteiger partial charge in [0.15, 0.2) is 23.5 Å². The van der Waals surface area contributed by atoms with E-state index in [2.05, 4.69) is 38.0 Å². The van der Waals surface area contributed by atoms with Crippen LogP contribution in [-0.2, 0) is 79.9 Å². The number of allylic oxidation sites excluding steroid dienone is 4. The third-order valence-corrected chi connectivity index (χ3v) is 19.6. The van der Waals surface area contributed by atoms with Crippen molar-refractivity contribution >= 4 is 76.8 Å². The number of Topliss-reactive ketones (excluding diaryl/α,β-unsaturated/α-hetero) is 1. The van der Waals surface area contributed by atoms with Crippen LogP contribution in [0.15, 0.2) is 96.6 Å². The first-order valence-corrected chi connectivity index (χ1v) is 35.3. The Morgan fingerprint density at radius 2 is 1.40 bits per heavy atom. The Hall–Kier alpha value is -8.31. The number of amides is 8. The van der Waals surface area contributed by atoms with Crippen molar-refractivity contribution in [3.63, 3.8) is 0 Å². The van der Waals surface area contributed by atoms with Crippen LogP contribution in [0.4, 0.5) is 29.7 Å². The standard InChI is InChI=1S/C75H100F2N8O17/c1-6-12-67(102-56-40-57-58-41-60(76)59-39-54(86)26-28-74(59,5)75(58,77)63(88)43-73(57,4)42-56)100-47-55(87)44-81-72(95)101-46-49-18-22-53(23-19-49)82-69(92)61(16-11-29-80-71(78)94)83-70(93)68(48(2)3)84-65(90)27-31-96-33-35-98-37-38-99-36-34-97-32-30-79-64(89)24-25-66(91)85-45-52-15-8-7-13-50(52)20-21-51-14-9-10-17-62(51)85/h7-10,13-15,17-23,26,28,39,48,56-58,60-61,63,67-68,88H,6,11-12,16,24-25,27,29-38,40-47H2,1-5H3,(H,79,89)(H,81,95)(H,82,92)(H,83,93)(H,84,90)(H3,78,80,94)/b21-20-/t56-,57+,58+,60+,61+,63+,67?,68+,73+,74+,75+/m1/s1. The third kappa shape index (κ3) is 21.9. The number of rotatable bonds is 39. The number of ether oxygens (including phenoxy) is 7. The lowest BCUT2D eigenvalue weighted by atomic mass is 9.45. The number of anilines is 2. The van der Waals surface area contributed by atoms with Crippen molar-refractivity contribution in [2.24, 2.45) is 34.3 Å². The molecule has 8 amide bonds. The van der Waals surface area contributed by atoms with Gasteiger partial charge in [0.05, 0.1) is 83.8 Å². The Morgan fingerprint density at radius 1 is 0.725 bits per heavy atom. The maximum Gasteiger partial charge on any atom is 0.407 e. The molecule has 3 aromatic rings. The fourth-order valence-electron chi connectivity index (χ4n) is 14.3. The van der Waals surface area contributed by atoms with Gasteiger partial charge in [0.2, 0.25) is 29.5 Å². The number of primary amides is 1. The average Bonchev–Trinajstić information content (AvgIpc) is 1.18. The molecule has 11 atom stereocenters. The van der Waals surface area contributed by atoms with E-state index >= 15 is 8.78 Å². The second-order valence-electron chi connectivity index (χ2n) is 27.4. The summed E-state index contributed by atoms with van der Waals surface area (Å²) in [5, 5.41) is 27.4. The molecule has 0 aromatic heterocycles. The highest BCUT2D eigenvalue weighted by Crippen LogP contribution is 2.68. The SMILES string of the molecule is CCCC(OCC(=O)CNC(=O)OCc1ccc(NC(=O)[C@H](CCCNC(N)=O)NC(=O)[C@@H](NC(=O)CCOCCOCCOCCOCCNC(=O)CCC(=O)N2Cc3ccccc3/C=C\c3ccccc32)C(C)C)cc1)O[C@@H]1C[C@H]2[C@@H]3C[C@H](F)C4=CC(=O)C=C[C@]4(C)[C@@]3(F)[C@@H](O)C[C@]2(C)C1. The fraction of sp³-hybridized carbons (Fsp3) is 0.560. The number of hydrogen-bond acceptors (Lipinski definition) is 17. The molecule has 3 fully saturated rings. The molecule has 27 heteroatoms. The first-order valence-electron chi connectivity index (χ1n) is 35.3. The van der Waals surface area contributed by atoms with Gasteiger partial charge in [-0.25, -0.2) is 18.4 Å². The second kappa shape index (κ2) is 38.3. The van der Waals surface area contributed by atoms with Gasteiger partial charge in [-0.2, -0.15) is 0 Å². The zero-order valence-electron chi connectivity index (χ0n) is 58.9. The number of para-hydroxylation sites is 1. The van der Waals surface area contributed by atoms with Crippen LogP contribution in [0.1, 0.15) is 128 Å². The number of aliphatic hydroxyl groups is 1. The lowest BCUT2D eigenvalue weighted by Crippen LogP contribution is -2.67. The van der Waals surface area contributed by atoms with Crippen molar-refractivity contribution in [3.8, 4) is 0 Å². The lowest BCUT2D eigenvalue weighted by molar-refractivity contribution is -0.195. The summed E-state index contributed by atoms with van der Waals surface area (Å²) >= 11 is 0. The number of alkyl halides is 2. The molecular weight excluding hydrogens is 1320 g/mol. The maximum absolute atomic E-state index is 17.6. The molecule has 25 nitrogen and oxygen atoms in total. The summed E-state index contributed by atoms with van der Waals surface area (Å²) < 4.78 is 73.4. The molecule has 0 spiro atoms. The lowest BCUT2D eigenvalue weighted by Gasteiger charge is -2.61. The van der Waals surface area contributed by atoms with Gasteiger partial charge < -0.3 is 80.8 Å². The first-order chi connectivity index (χ1) is 48.9. The summed E-state index contributed by atoms with van der Waals surface area (Å²) in [7, 11) is 0. The molecule has 0 bridgehead atoms. The Labute approximate surface area is 594 Å². The Kier molecular flexibility index (Phi) is 29.8. The quantitative estimate of drug-likeness (QED) is 0.0203. The van der Waals surface area contributed by atoms with Gasteiger partial charge in [0.25, 0.3) is 0 Å². The smallest absolute Gasteiger partial charge is 0.407 e. The molecule has 4 aliphatic carbocycles. The number of hydrogen-bond donors (Lipinski definition) is 8. The van der Waals surface area contributed by atoms with Crippen molar-refractivity contribution < 1.29 is 90.2 Å². The highest BCUT2D eigenvalue weighted by atomic mass is 19.1. The zero-order chi connectivity index (χ0) is 73.4. The number of urea groups is 1. The maximum atomic E-state index is 17.6. The van der Waals surface area contributed by atoms with E-state index in [0.29, 0.717) is 63.3 Å². The number of carbonyl (C=O) groups excluding carboxylic acids is 9. The van der Waals surface area contributed by atoms with Crippen LogP contribution in [0, 0.1) is 28.6 Å². The predicted molar refractivity (Wildman–Crippen MR) is 375 cm³/mol. The van der Waals surface area contributed by atoms with Gasteiger partial charge in [0, 0.05) is 49.4 Å². The van der Waals surface area contributed by atoms with Crippen LogP contribution in [0.2, 0.25) is 0 Å². The van der Waals surface area contributed by atoms with E-state index in [1.165, 1.54) is 18.2 Å². The number of benzene rings is 3. The third-order valence-electron chi connectivity index (χ3n) is 19.6. The van der Waals surface area contributed by atoms with E-state index in [-0.39, 0.29) is 127 Å². The number of aliphatic hydroxyl groups excluding tert-OH is 1. The highest BCUT2D eigenvalue weighted by Gasteiger charge is 2.71. The minimum Gasteiger partial charge on any atom is -0.445 e. The predicted octanol–water partition coefficient (Wildman–Crippen LogP) is 7.41. The Balaban J connectivity index is 0.663. The molecule has 9 N–H and O–H groups in total. The van der Waals surface area contributed by atoms with Crippen molar-refractivity contribution in [3.05, 3.63) is 119 Å². The van der Waals surface area contributed by atoms with E-state index in [4.69, 9.17) is 38.9 Å². The van der Waals surface area contributed by atoms with Gasteiger partial charge in [-0.15, -0.1) is 0 Å². The second-order valence-corrected chi connectivity index (χ2v) is 27.4. The largest absolute Gasteiger partial charge is 0.445 e. The topological polar surface area (TPSA) is 340 Å². The molecule has 1 heterocycles. The van der Waals surface area contributed by atoms with E-state index in [9.17, 15) is 48.3 Å². The molecule has 102 heavy (non-hydrogen) atoms. The van der Waals surface area contributed by atoms with E-state index in [1.807, 2.05) is 68.5 Å². The van der Waals surface area contributed by atoms with Crippen LogP contribution in [0.25, 0.3) is 12.2 Å². The monoisotopic (exact) mass is 1420 g/mol. The molecule has 3 saturated carbocycles. The molecule has 5 aliphatic rings. The summed E-state index contributed by atoms with van der Waals surface area (Å²) in [6.45, 7) is 10.7. The Morgan fingerprint density at radius 3 is 2.11 bits per heavy atom. The minimum absolute atomic E-state index is 0.0428. The summed E-state index contributed by atoms with van der Waals surface area (Å²) in [6, 6.07) is 19.1. The highest BCUT2D eigenvalue weighted by molar-refractivity contribution is 6.02. The van der Waals surface area contributed by atoms with Crippen molar-refractivity contribution in [1.29, 1.82) is 0 Å². The summed E-state index contributed by atoms with van der Waals surface area (Å²) in [4.78, 5) is 118. The van der Waals surface area contributed by atoms with Crippen molar-refractivity contribution in [1.82, 2.24) is 26.6 Å². The number of carbonyl (C=O) groups is 9. The number of nitrogens with two attached hydrogens (primary N) is 1. The number of halogens is 2. The summed E-state index contributed by atoms with van der Waals surface area (Å²) in [6.07, 6.45) is 5.08. The van der Waals surface area contributed by atoms with Crippen molar-refractivity contribution in [2.75, 3.05) is 89.3 Å². The van der Waals surface area contributed by atoms with Crippen LogP contribution in [0.5, 0.6) is 0 Å². The number of nitrogens with zero attached hydrogens (tertiary/aromatic N) is 1. The number of fused-ring (bicyclic) bond motifs is 7. The Bertz CT molecular complexity index is 3480. The number of alkyl carbamates (subject to hydrolysis) is 1. The summed E-state index contributed by atoms with van der Waals surface area (Å²) in [5.74, 6) is -4.49. The minimum atomic E-state index is -2.20. The van der Waals surface area contributed by atoms with Crippen LogP contribution < -0.4 is 42.5 Å².